The van der Waals surface area contributed by atoms with Gasteiger partial charge in [-0.05, 0) is 172 Å². The number of benzene rings is 9. The van der Waals surface area contributed by atoms with E-state index in [1.54, 1.807) is 0 Å². The van der Waals surface area contributed by atoms with Crippen molar-refractivity contribution in [2.45, 2.75) is 47.0 Å². The molecule has 0 saturated carbocycles. The molecule has 9 aromatic rings. The van der Waals surface area contributed by atoms with Gasteiger partial charge in [0, 0.05) is 39.2 Å². The van der Waals surface area contributed by atoms with Crippen molar-refractivity contribution >= 4 is 66.4 Å². The Balaban J connectivity index is 1.24. The van der Waals surface area contributed by atoms with Crippen LogP contribution in [0.5, 0.6) is 0 Å². The van der Waals surface area contributed by atoms with E-state index >= 15 is 0 Å². The topological polar surface area (TPSA) is 6.48 Å². The molecule has 1 aliphatic carbocycles. The monoisotopic (exact) mass is 734 g/mol. The predicted octanol–water partition coefficient (Wildman–Crippen LogP) is 15.6. The fourth-order valence-electron chi connectivity index (χ4n) is 9.72. The molecule has 2 heteroatoms. The summed E-state index contributed by atoms with van der Waals surface area (Å²) in [6.45, 7) is 13.6. The molecule has 0 amide bonds. The van der Waals surface area contributed by atoms with Gasteiger partial charge in [0.05, 0.1) is 5.69 Å². The lowest BCUT2D eigenvalue weighted by Crippen LogP contribution is -2.24. The Morgan fingerprint density at radius 1 is 0.333 bits per heavy atom. The van der Waals surface area contributed by atoms with Crippen molar-refractivity contribution in [1.29, 1.82) is 0 Å². The Kier molecular flexibility index (Phi) is 8.09. The Labute approximate surface area is 336 Å². The zero-order valence-corrected chi connectivity index (χ0v) is 33.6. The van der Waals surface area contributed by atoms with Crippen molar-refractivity contribution in [2.75, 3.05) is 9.80 Å². The lowest BCUT2D eigenvalue weighted by Gasteiger charge is -2.37. The summed E-state index contributed by atoms with van der Waals surface area (Å²) in [5.74, 6) is 0. The lowest BCUT2D eigenvalue weighted by molar-refractivity contribution is 0.645. The molecule has 0 unspecified atom stereocenters. The van der Waals surface area contributed by atoms with E-state index < -0.39 is 0 Å². The lowest BCUT2D eigenvalue weighted by atomic mass is 9.68. The first kappa shape index (κ1) is 34.8. The molecule has 57 heavy (non-hydrogen) atoms. The SMILES string of the molecule is Cc1cc(C)cc(N(c2ccccc2)c2ccc3c(c2)C(C)(C)c2cccc4c2c-3cc2c3ccccc3c(N(c3ccccc3)c3cc(C)cc(C)c3)cc42)c1. The zero-order chi connectivity index (χ0) is 39.0. The van der Waals surface area contributed by atoms with Gasteiger partial charge in [0.2, 0.25) is 0 Å². The highest BCUT2D eigenvalue weighted by molar-refractivity contribution is 6.25. The molecule has 276 valence electrons. The van der Waals surface area contributed by atoms with E-state index in [1.807, 2.05) is 0 Å². The van der Waals surface area contributed by atoms with Gasteiger partial charge < -0.3 is 9.80 Å². The molecule has 2 nitrogen and oxygen atoms in total. The summed E-state index contributed by atoms with van der Waals surface area (Å²) in [7, 11) is 0. The van der Waals surface area contributed by atoms with Crippen LogP contribution in [0.3, 0.4) is 0 Å². The third kappa shape index (κ3) is 5.70. The molecule has 0 N–H and O–H groups in total. The number of rotatable bonds is 6. The van der Waals surface area contributed by atoms with Gasteiger partial charge in [-0.3, -0.25) is 0 Å². The molecule has 9 aromatic carbocycles. The molecular formula is C55H46N2. The van der Waals surface area contributed by atoms with Gasteiger partial charge in [0.15, 0.2) is 0 Å². The minimum atomic E-state index is -0.245. The molecule has 0 bridgehead atoms. The summed E-state index contributed by atoms with van der Waals surface area (Å²) in [5, 5.41) is 7.68. The second-order valence-electron chi connectivity index (χ2n) is 16.6. The summed E-state index contributed by atoms with van der Waals surface area (Å²) in [6.07, 6.45) is 0. The molecule has 1 aliphatic rings. The van der Waals surface area contributed by atoms with E-state index in [9.17, 15) is 0 Å². The zero-order valence-electron chi connectivity index (χ0n) is 33.6. The first-order valence-corrected chi connectivity index (χ1v) is 20.1. The Morgan fingerprint density at radius 2 is 0.860 bits per heavy atom. The van der Waals surface area contributed by atoms with Gasteiger partial charge in [-0.1, -0.05) is 111 Å². The average Bonchev–Trinajstić information content (AvgIpc) is 3.20. The standard InChI is InChI=1S/C55H46N2/c1-35-26-36(2)29-42(28-35)56(39-16-9-7-10-17-39)41-24-25-45-50-33-48-44-20-13-14-21-46(44)53(57(40-18-11-8-12-19-40)43-30-37(3)27-38(4)31-43)34-49(48)47-22-15-23-51(54(47)50)55(5,6)52(45)32-41/h7-34H,1-6H3. The van der Waals surface area contributed by atoms with Crippen LogP contribution in [0.15, 0.2) is 170 Å². The quantitative estimate of drug-likeness (QED) is 0.157. The maximum Gasteiger partial charge on any atom is 0.0546 e. The van der Waals surface area contributed by atoms with Crippen LogP contribution in [-0.2, 0) is 5.41 Å². The van der Waals surface area contributed by atoms with Crippen LogP contribution < -0.4 is 9.80 Å². The molecular weight excluding hydrogens is 689 g/mol. The van der Waals surface area contributed by atoms with Crippen LogP contribution >= 0.6 is 0 Å². The normalized spacial score (nSPS) is 12.9. The molecule has 0 atom stereocenters. The largest absolute Gasteiger partial charge is 0.310 e. The predicted molar refractivity (Wildman–Crippen MR) is 245 cm³/mol. The highest BCUT2D eigenvalue weighted by atomic mass is 15.1. The van der Waals surface area contributed by atoms with Crippen LogP contribution in [0.1, 0.15) is 47.2 Å². The molecule has 0 spiro atoms. The second-order valence-corrected chi connectivity index (χ2v) is 16.6. The van der Waals surface area contributed by atoms with Gasteiger partial charge in [0.1, 0.15) is 0 Å². The molecule has 0 fully saturated rings. The van der Waals surface area contributed by atoms with Gasteiger partial charge in [0.25, 0.3) is 0 Å². The van der Waals surface area contributed by atoms with E-state index in [4.69, 9.17) is 0 Å². The van der Waals surface area contributed by atoms with Crippen molar-refractivity contribution in [2.24, 2.45) is 0 Å². The number of aryl methyl sites for hydroxylation is 4. The van der Waals surface area contributed by atoms with E-state index in [0.717, 1.165) is 17.1 Å². The van der Waals surface area contributed by atoms with Crippen LogP contribution in [0, 0.1) is 27.7 Å². The summed E-state index contributed by atoms with van der Waals surface area (Å²) >= 11 is 0. The van der Waals surface area contributed by atoms with Crippen molar-refractivity contribution < 1.29 is 0 Å². The van der Waals surface area contributed by atoms with Crippen LogP contribution in [0.2, 0.25) is 0 Å². The Bertz CT molecular complexity index is 2990. The van der Waals surface area contributed by atoms with Gasteiger partial charge >= 0.3 is 0 Å². The molecule has 0 aliphatic heterocycles. The Hall–Kier alpha value is -6.64. The van der Waals surface area contributed by atoms with E-state index in [2.05, 4.69) is 221 Å². The minimum Gasteiger partial charge on any atom is -0.310 e. The number of hydrogen-bond acceptors (Lipinski definition) is 2. The van der Waals surface area contributed by atoms with Crippen molar-refractivity contribution in [1.82, 2.24) is 0 Å². The maximum absolute atomic E-state index is 2.49. The van der Waals surface area contributed by atoms with E-state index in [1.165, 1.54) is 93.9 Å². The summed E-state index contributed by atoms with van der Waals surface area (Å²) < 4.78 is 0. The summed E-state index contributed by atoms with van der Waals surface area (Å²) in [5.41, 5.74) is 17.1. The fraction of sp³-hybridized carbons (Fsp3) is 0.127. The number of fused-ring (bicyclic) bond motifs is 6. The maximum atomic E-state index is 2.49. The smallest absolute Gasteiger partial charge is 0.0546 e. The summed E-state index contributed by atoms with van der Waals surface area (Å²) in [4.78, 5) is 4.86. The van der Waals surface area contributed by atoms with Crippen LogP contribution in [0.25, 0.3) is 43.4 Å². The van der Waals surface area contributed by atoms with Crippen LogP contribution in [0.4, 0.5) is 34.1 Å². The van der Waals surface area contributed by atoms with Gasteiger partial charge in [-0.2, -0.15) is 0 Å². The second kappa shape index (κ2) is 13.2. The third-order valence-corrected chi connectivity index (χ3v) is 12.1. The highest BCUT2D eigenvalue weighted by Gasteiger charge is 2.35. The molecule has 0 radical (unpaired) electrons. The van der Waals surface area contributed by atoms with Crippen LogP contribution in [-0.4, -0.2) is 0 Å². The molecule has 0 aromatic heterocycles. The molecule has 10 rings (SSSR count). The van der Waals surface area contributed by atoms with Crippen molar-refractivity contribution in [3.63, 3.8) is 0 Å². The summed E-state index contributed by atoms with van der Waals surface area (Å²) in [6, 6.07) is 63.4. The average molecular weight is 735 g/mol. The molecule has 0 heterocycles. The van der Waals surface area contributed by atoms with E-state index in [-0.39, 0.29) is 5.41 Å². The first-order chi connectivity index (χ1) is 27.7. The van der Waals surface area contributed by atoms with E-state index in [0.29, 0.717) is 0 Å². The third-order valence-electron chi connectivity index (χ3n) is 12.1. The first-order valence-electron chi connectivity index (χ1n) is 20.1. The minimum absolute atomic E-state index is 0.245. The highest BCUT2D eigenvalue weighted by Crippen LogP contribution is 2.53. The number of nitrogens with zero attached hydrogens (tertiary/aromatic N) is 2. The number of anilines is 6. The van der Waals surface area contributed by atoms with Crippen molar-refractivity contribution in [3.05, 3.63) is 203 Å². The van der Waals surface area contributed by atoms with Gasteiger partial charge in [-0.25, -0.2) is 0 Å². The molecule has 0 saturated heterocycles. The Morgan fingerprint density at radius 3 is 1.49 bits per heavy atom. The van der Waals surface area contributed by atoms with Crippen molar-refractivity contribution in [3.8, 4) is 11.1 Å². The van der Waals surface area contributed by atoms with Gasteiger partial charge in [-0.15, -0.1) is 0 Å². The number of para-hydroxylation sites is 2. The fourth-order valence-corrected chi connectivity index (χ4v) is 9.72. The number of hydrogen-bond donors (Lipinski definition) is 0.